The van der Waals surface area contributed by atoms with E-state index in [0.29, 0.717) is 29.3 Å². The molecule has 1 heterocycles. The number of nitrogens with zero attached hydrogens (tertiary/aromatic N) is 6. The highest BCUT2D eigenvalue weighted by atomic mass is 35.5. The number of hydrogen-bond acceptors (Lipinski definition) is 11. The van der Waals surface area contributed by atoms with Crippen molar-refractivity contribution in [3.05, 3.63) is 94.9 Å². The molecule has 380 valence electrons. The van der Waals surface area contributed by atoms with Crippen molar-refractivity contribution < 1.29 is 52.1 Å². The van der Waals surface area contributed by atoms with Gasteiger partial charge in [-0.2, -0.15) is 8.78 Å². The molecule has 5 rings (SSSR count). The fraction of sp³-hybridized carbons (Fsp3) is 0.480. The topological polar surface area (TPSA) is 202 Å². The van der Waals surface area contributed by atoms with Crippen molar-refractivity contribution >= 4 is 41.2 Å². The Labute approximate surface area is 412 Å². The Morgan fingerprint density at radius 3 is 2.21 bits per heavy atom. The predicted molar refractivity (Wildman–Crippen MR) is 259 cm³/mol. The fourth-order valence-corrected chi connectivity index (χ4v) is 8.69. The van der Waals surface area contributed by atoms with E-state index in [1.807, 2.05) is 42.7 Å². The summed E-state index contributed by atoms with van der Waals surface area (Å²) in [6.07, 6.45) is 4.17. The van der Waals surface area contributed by atoms with Crippen molar-refractivity contribution in [2.24, 2.45) is 12.8 Å². The number of nitrogens with two attached hydrogens (primary N) is 1. The molecule has 4 N–H and O–H groups in total. The number of rotatable bonds is 24. The molecule has 1 fully saturated rings. The van der Waals surface area contributed by atoms with Gasteiger partial charge in [0.05, 0.1) is 43.6 Å². The first-order valence-corrected chi connectivity index (χ1v) is 23.5. The number of ether oxygens (including phenoxy) is 3. The van der Waals surface area contributed by atoms with Crippen molar-refractivity contribution in [1.82, 2.24) is 34.5 Å². The standard InChI is InChI=1S/C50H65ClF2N8O9/c1-31(48(66)56-39(30-68-7)49(67)58(4)35(26-47(64)65)25-32-15-19-34(51)20-16-32)61(46(63)24-23-45(62)60(6)40-12-9-8-11-38(40)54)28-37-42(13-10-14-43(37)70-50(52)53)69-36-21-17-33(18-22-36)41-27-55-44(59(41)5)29-57(2)3/h10,13-22,27,31,35,38-40,50H,8-9,11-12,23-26,28-30,54H2,1-7H3,(H,56,66)(H,64,65)/t31?,35?,38-,39?,40-/m0/s1. The summed E-state index contributed by atoms with van der Waals surface area (Å²) in [6, 6.07) is 13.9. The van der Waals surface area contributed by atoms with E-state index in [-0.39, 0.29) is 60.9 Å². The molecule has 1 aromatic heterocycles. The Morgan fingerprint density at radius 1 is 0.929 bits per heavy atom. The minimum atomic E-state index is -3.28. The maximum Gasteiger partial charge on any atom is 0.387 e. The SMILES string of the molecule is COCC(NC(=O)C(C)N(Cc1c(Oc2ccc(-c3cnc(CN(C)C)n3C)cc2)cccc1OC(F)F)C(=O)CCC(=O)N(C)[C@H]1CCCC[C@@H]1N)C(=O)N(C)C(CC(=O)O)Cc1ccc(Cl)cc1. The minimum Gasteiger partial charge on any atom is -0.481 e. The molecule has 0 saturated heterocycles. The number of carbonyl (C=O) groups excluding carboxylic acids is 4. The summed E-state index contributed by atoms with van der Waals surface area (Å²) in [7, 11) is 10.2. The number of hydrogen-bond donors (Lipinski definition) is 3. The van der Waals surface area contributed by atoms with Gasteiger partial charge in [-0.25, -0.2) is 4.98 Å². The van der Waals surface area contributed by atoms with Crippen LogP contribution in [0.2, 0.25) is 5.02 Å². The number of alkyl halides is 2. The van der Waals surface area contributed by atoms with Crippen molar-refractivity contribution in [2.45, 2.75) is 108 Å². The number of benzene rings is 3. The summed E-state index contributed by atoms with van der Waals surface area (Å²) in [5.41, 5.74) is 8.75. The molecule has 20 heteroatoms. The summed E-state index contributed by atoms with van der Waals surface area (Å²) in [4.78, 5) is 79.1. The van der Waals surface area contributed by atoms with E-state index in [2.05, 4.69) is 10.3 Å². The second-order valence-corrected chi connectivity index (χ2v) is 18.3. The largest absolute Gasteiger partial charge is 0.481 e. The molecule has 3 aromatic carbocycles. The summed E-state index contributed by atoms with van der Waals surface area (Å²) >= 11 is 6.06. The second-order valence-electron chi connectivity index (χ2n) is 17.9. The quantitative estimate of drug-likeness (QED) is 0.0730. The molecule has 70 heavy (non-hydrogen) atoms. The fourth-order valence-electron chi connectivity index (χ4n) is 8.56. The second kappa shape index (κ2) is 25.6. The molecule has 3 unspecified atom stereocenters. The zero-order valence-corrected chi connectivity index (χ0v) is 41.5. The predicted octanol–water partition coefficient (Wildman–Crippen LogP) is 6.10. The van der Waals surface area contributed by atoms with Gasteiger partial charge in [0.2, 0.25) is 23.6 Å². The van der Waals surface area contributed by atoms with Crippen LogP contribution in [0.25, 0.3) is 11.3 Å². The summed E-state index contributed by atoms with van der Waals surface area (Å²) in [5.74, 6) is -2.84. The highest BCUT2D eigenvalue weighted by molar-refractivity contribution is 6.30. The van der Waals surface area contributed by atoms with Crippen molar-refractivity contribution in [3.8, 4) is 28.5 Å². The molecule has 1 aliphatic rings. The smallest absolute Gasteiger partial charge is 0.387 e. The first-order chi connectivity index (χ1) is 33.3. The van der Waals surface area contributed by atoms with Gasteiger partial charge < -0.3 is 54.5 Å². The van der Waals surface area contributed by atoms with Crippen molar-refractivity contribution in [1.29, 1.82) is 0 Å². The number of carboxylic acids is 1. The molecule has 1 aliphatic carbocycles. The lowest BCUT2D eigenvalue weighted by atomic mass is 9.90. The summed E-state index contributed by atoms with van der Waals surface area (Å²) in [5, 5.41) is 12.9. The van der Waals surface area contributed by atoms with Crippen LogP contribution >= 0.6 is 11.6 Å². The van der Waals surface area contributed by atoms with Gasteiger partial charge in [0.25, 0.3) is 0 Å². The normalized spacial score (nSPS) is 16.0. The summed E-state index contributed by atoms with van der Waals surface area (Å²) in [6.45, 7) is -2.11. The average molecular weight is 996 g/mol. The highest BCUT2D eigenvalue weighted by Gasteiger charge is 2.35. The number of imidazole rings is 1. The van der Waals surface area contributed by atoms with Crippen LogP contribution in [0.3, 0.4) is 0 Å². The molecule has 17 nitrogen and oxygen atoms in total. The van der Waals surface area contributed by atoms with E-state index in [0.717, 1.165) is 41.2 Å². The van der Waals surface area contributed by atoms with Crippen LogP contribution < -0.4 is 20.5 Å². The number of aromatic nitrogens is 2. The van der Waals surface area contributed by atoms with Gasteiger partial charge in [-0.15, -0.1) is 0 Å². The van der Waals surface area contributed by atoms with E-state index in [9.17, 15) is 37.9 Å². The number of aliphatic carboxylic acids is 1. The lowest BCUT2D eigenvalue weighted by Gasteiger charge is -2.36. The monoisotopic (exact) mass is 994 g/mol. The number of carbonyl (C=O) groups is 5. The minimum absolute atomic E-state index is 0.0144. The Hall–Kier alpha value is -6.15. The van der Waals surface area contributed by atoms with Gasteiger partial charge in [0.1, 0.15) is 35.2 Å². The number of methoxy groups -OCH3 is 1. The molecular weight excluding hydrogens is 930 g/mol. The van der Waals surface area contributed by atoms with Crippen molar-refractivity contribution in [3.63, 3.8) is 0 Å². The molecule has 0 radical (unpaired) electrons. The molecular formula is C50H65ClF2N8O9. The van der Waals surface area contributed by atoms with Gasteiger partial charge >= 0.3 is 12.6 Å². The van der Waals surface area contributed by atoms with E-state index in [4.69, 9.17) is 31.5 Å². The number of halogens is 3. The maximum absolute atomic E-state index is 14.5. The third kappa shape index (κ3) is 14.9. The summed E-state index contributed by atoms with van der Waals surface area (Å²) < 4.78 is 46.8. The Kier molecular flexibility index (Phi) is 20.1. The lowest BCUT2D eigenvalue weighted by Crippen LogP contribution is -2.57. The van der Waals surface area contributed by atoms with Gasteiger partial charge in [-0.3, -0.25) is 24.0 Å². The van der Waals surface area contributed by atoms with Crippen LogP contribution in [0, 0.1) is 0 Å². The first kappa shape index (κ1) is 54.8. The van der Waals surface area contributed by atoms with E-state index >= 15 is 0 Å². The highest BCUT2D eigenvalue weighted by Crippen LogP contribution is 2.36. The Balaban J connectivity index is 1.45. The number of amides is 4. The molecule has 5 atom stereocenters. The molecule has 4 aromatic rings. The molecule has 0 aliphatic heterocycles. The molecule has 4 amide bonds. The third-order valence-electron chi connectivity index (χ3n) is 12.6. The molecule has 0 bridgehead atoms. The molecule has 1 saturated carbocycles. The van der Waals surface area contributed by atoms with Gasteiger partial charge in [0, 0.05) is 69.8 Å². The number of likely N-dealkylation sites (N-methyl/N-ethyl adjacent to an activating group) is 2. The zero-order chi connectivity index (χ0) is 51.2. The van der Waals surface area contributed by atoms with E-state index in [1.54, 1.807) is 54.5 Å². The van der Waals surface area contributed by atoms with Crippen LogP contribution in [-0.4, -0.2) is 143 Å². The molecule has 0 spiro atoms. The van der Waals surface area contributed by atoms with Gasteiger partial charge in [-0.05, 0) is 94.4 Å². The number of nitrogens with one attached hydrogen (secondary N) is 1. The maximum atomic E-state index is 14.5. The van der Waals surface area contributed by atoms with Crippen LogP contribution in [0.5, 0.6) is 17.2 Å². The van der Waals surface area contributed by atoms with E-state index < -0.39 is 61.4 Å². The Morgan fingerprint density at radius 2 is 1.59 bits per heavy atom. The van der Waals surface area contributed by atoms with Crippen LogP contribution in [0.15, 0.2) is 72.9 Å². The first-order valence-electron chi connectivity index (χ1n) is 23.1. The van der Waals surface area contributed by atoms with Gasteiger partial charge in [-0.1, -0.05) is 42.6 Å². The number of carboxylic acid groups (broad SMARTS) is 1. The van der Waals surface area contributed by atoms with Gasteiger partial charge in [0.15, 0.2) is 0 Å². The van der Waals surface area contributed by atoms with Crippen LogP contribution in [0.4, 0.5) is 8.78 Å². The lowest BCUT2D eigenvalue weighted by molar-refractivity contribution is -0.145. The van der Waals surface area contributed by atoms with Crippen LogP contribution in [-0.2, 0) is 55.3 Å². The average Bonchev–Trinajstić information content (AvgIpc) is 3.67. The Bertz CT molecular complexity index is 2410. The zero-order valence-electron chi connectivity index (χ0n) is 40.8. The van der Waals surface area contributed by atoms with Crippen LogP contribution in [0.1, 0.15) is 68.8 Å². The van der Waals surface area contributed by atoms with E-state index in [1.165, 1.54) is 44.2 Å². The van der Waals surface area contributed by atoms with Crippen molar-refractivity contribution in [2.75, 3.05) is 41.9 Å². The third-order valence-corrected chi connectivity index (χ3v) is 12.8.